The molecule has 218 valence electrons. The van der Waals surface area contributed by atoms with Crippen molar-refractivity contribution in [2.45, 2.75) is 12.1 Å². The first-order chi connectivity index (χ1) is 21.4. The molecule has 2 aliphatic rings. The van der Waals surface area contributed by atoms with Crippen LogP contribution in [-0.2, 0) is 14.4 Å². The number of carbonyl (C=O) groups excluding carboxylic acids is 3. The van der Waals surface area contributed by atoms with E-state index in [-0.39, 0.29) is 23.0 Å². The second-order valence-corrected chi connectivity index (χ2v) is 10.5. The van der Waals surface area contributed by atoms with Gasteiger partial charge in [0.05, 0.1) is 30.1 Å². The summed E-state index contributed by atoms with van der Waals surface area (Å²) in [5.74, 6) is -2.49. The van der Waals surface area contributed by atoms with Crippen LogP contribution in [0.5, 0.6) is 11.5 Å². The Morgan fingerprint density at radius 3 is 2.30 bits per heavy atom. The molecule has 0 spiro atoms. The minimum absolute atomic E-state index is 0.138. The molecule has 5 aromatic rings. The number of carbonyl (C=O) groups is 3. The standard InChI is InChI=1S/C35H25FN2O6/c1-42-29-20-23(16-19-28(29)43-35(41)22-14-17-24(36)18-15-22)31-30-32(44-38(31)25-10-3-2-4-11-25)34(40)37(33(30)39)27-13-7-9-21-8-5-6-12-26(21)27/h2-20,30-32H,1H3/t30-,31+,32+/m0/s1. The Hall–Kier alpha value is -5.54. The van der Waals surface area contributed by atoms with E-state index >= 15 is 0 Å². The summed E-state index contributed by atoms with van der Waals surface area (Å²) in [6.45, 7) is 0. The number of anilines is 2. The molecule has 2 saturated heterocycles. The number of rotatable bonds is 6. The van der Waals surface area contributed by atoms with Crippen molar-refractivity contribution in [3.05, 3.63) is 132 Å². The molecule has 2 aliphatic heterocycles. The maximum absolute atomic E-state index is 14.2. The summed E-state index contributed by atoms with van der Waals surface area (Å²) in [6.07, 6.45) is -1.06. The number of nitrogens with zero attached hydrogens (tertiary/aromatic N) is 2. The van der Waals surface area contributed by atoms with Crippen molar-refractivity contribution >= 4 is 39.9 Å². The Balaban J connectivity index is 1.27. The Kier molecular flexibility index (Phi) is 6.79. The Labute approximate surface area is 251 Å². The van der Waals surface area contributed by atoms with E-state index in [1.54, 1.807) is 29.3 Å². The molecule has 0 bridgehead atoms. The second kappa shape index (κ2) is 10.9. The highest BCUT2D eigenvalue weighted by atomic mass is 19.1. The van der Waals surface area contributed by atoms with Gasteiger partial charge in [-0.1, -0.05) is 60.7 Å². The first-order valence-electron chi connectivity index (χ1n) is 14.0. The van der Waals surface area contributed by atoms with Crippen molar-refractivity contribution in [2.24, 2.45) is 5.92 Å². The van der Waals surface area contributed by atoms with Crippen LogP contribution in [0.4, 0.5) is 15.8 Å². The highest BCUT2D eigenvalue weighted by Crippen LogP contribution is 2.49. The fraction of sp³-hybridized carbons (Fsp3) is 0.114. The molecule has 0 aliphatic carbocycles. The van der Waals surface area contributed by atoms with Crippen LogP contribution < -0.4 is 19.4 Å². The van der Waals surface area contributed by atoms with Crippen LogP contribution in [0.2, 0.25) is 0 Å². The van der Waals surface area contributed by atoms with E-state index in [2.05, 4.69) is 0 Å². The molecule has 0 saturated carbocycles. The molecule has 5 aromatic carbocycles. The number of fused-ring (bicyclic) bond motifs is 2. The van der Waals surface area contributed by atoms with Gasteiger partial charge in [0, 0.05) is 5.39 Å². The lowest BCUT2D eigenvalue weighted by molar-refractivity contribution is -0.126. The number of hydrogen-bond acceptors (Lipinski definition) is 7. The second-order valence-electron chi connectivity index (χ2n) is 10.5. The minimum atomic E-state index is -1.06. The molecule has 7 rings (SSSR count). The van der Waals surface area contributed by atoms with Crippen molar-refractivity contribution in [2.75, 3.05) is 17.1 Å². The van der Waals surface area contributed by atoms with Crippen LogP contribution >= 0.6 is 0 Å². The van der Waals surface area contributed by atoms with Crippen molar-refractivity contribution in [1.29, 1.82) is 0 Å². The molecule has 2 heterocycles. The average Bonchev–Trinajstić information content (AvgIpc) is 3.57. The molecule has 9 heteroatoms. The van der Waals surface area contributed by atoms with Gasteiger partial charge in [0.1, 0.15) is 11.7 Å². The third-order valence-corrected chi connectivity index (χ3v) is 7.95. The van der Waals surface area contributed by atoms with Crippen LogP contribution in [0, 0.1) is 11.7 Å². The Bertz CT molecular complexity index is 1910. The predicted molar refractivity (Wildman–Crippen MR) is 161 cm³/mol. The highest BCUT2D eigenvalue weighted by Gasteiger charge is 2.60. The molecule has 2 amide bonds. The zero-order chi connectivity index (χ0) is 30.4. The Morgan fingerprint density at radius 1 is 0.795 bits per heavy atom. The zero-order valence-corrected chi connectivity index (χ0v) is 23.4. The quantitative estimate of drug-likeness (QED) is 0.132. The summed E-state index contributed by atoms with van der Waals surface area (Å²) in [7, 11) is 1.43. The largest absolute Gasteiger partial charge is 0.493 e. The van der Waals surface area contributed by atoms with Gasteiger partial charge in [-0.15, -0.1) is 0 Å². The minimum Gasteiger partial charge on any atom is -0.493 e. The van der Waals surface area contributed by atoms with Crippen LogP contribution in [0.15, 0.2) is 115 Å². The van der Waals surface area contributed by atoms with Crippen LogP contribution in [-0.4, -0.2) is 31.0 Å². The van der Waals surface area contributed by atoms with E-state index in [1.165, 1.54) is 36.3 Å². The number of hydroxylamine groups is 1. The van der Waals surface area contributed by atoms with Gasteiger partial charge in [0.2, 0.25) is 5.91 Å². The number of ether oxygens (including phenoxy) is 2. The normalized spacial score (nSPS) is 19.4. The summed E-state index contributed by atoms with van der Waals surface area (Å²) in [4.78, 5) is 48.4. The van der Waals surface area contributed by atoms with Gasteiger partial charge in [-0.05, 0) is 65.5 Å². The summed E-state index contributed by atoms with van der Waals surface area (Å²) in [5, 5.41) is 3.27. The molecule has 8 nitrogen and oxygen atoms in total. The van der Waals surface area contributed by atoms with Crippen LogP contribution in [0.1, 0.15) is 22.0 Å². The molecule has 44 heavy (non-hydrogen) atoms. The first-order valence-corrected chi connectivity index (χ1v) is 14.0. The van der Waals surface area contributed by atoms with Crippen LogP contribution in [0.3, 0.4) is 0 Å². The number of halogens is 1. The predicted octanol–water partition coefficient (Wildman–Crippen LogP) is 6.26. The fourth-order valence-corrected chi connectivity index (χ4v) is 5.89. The number of imide groups is 1. The number of para-hydroxylation sites is 1. The SMILES string of the molecule is COc1cc([C@@H]2[C@@H]3C(=O)N(c4cccc5ccccc45)C(=O)[C@@H]3ON2c2ccccc2)ccc1OC(=O)c1ccc(F)cc1. The lowest BCUT2D eigenvalue weighted by Crippen LogP contribution is -2.37. The highest BCUT2D eigenvalue weighted by molar-refractivity contribution is 6.26. The maximum atomic E-state index is 14.2. The van der Waals surface area contributed by atoms with E-state index in [9.17, 15) is 18.8 Å². The number of hydrogen-bond donors (Lipinski definition) is 0. The van der Waals surface area contributed by atoms with Crippen molar-refractivity contribution in [1.82, 2.24) is 0 Å². The van der Waals surface area contributed by atoms with Gasteiger partial charge >= 0.3 is 5.97 Å². The molecule has 0 radical (unpaired) electrons. The van der Waals surface area contributed by atoms with Gasteiger partial charge in [0.25, 0.3) is 5.91 Å². The smallest absolute Gasteiger partial charge is 0.343 e. The average molecular weight is 589 g/mol. The fourth-order valence-electron chi connectivity index (χ4n) is 5.89. The van der Waals surface area contributed by atoms with Crippen molar-refractivity contribution in [3.63, 3.8) is 0 Å². The van der Waals surface area contributed by atoms with E-state index in [0.717, 1.165) is 10.8 Å². The molecule has 3 atom stereocenters. The number of amides is 2. The molecule has 2 fully saturated rings. The number of esters is 1. The van der Waals surface area contributed by atoms with E-state index in [4.69, 9.17) is 14.3 Å². The van der Waals surface area contributed by atoms with Gasteiger partial charge in [0.15, 0.2) is 17.6 Å². The van der Waals surface area contributed by atoms with Crippen LogP contribution in [0.25, 0.3) is 10.8 Å². The van der Waals surface area contributed by atoms with E-state index in [0.29, 0.717) is 16.9 Å². The molecule has 0 N–H and O–H groups in total. The molecular weight excluding hydrogens is 563 g/mol. The molecule has 0 aromatic heterocycles. The maximum Gasteiger partial charge on any atom is 0.343 e. The molecular formula is C35H25FN2O6. The number of benzene rings is 5. The summed E-state index contributed by atoms with van der Waals surface area (Å²) in [6, 6.07) is 31.5. The summed E-state index contributed by atoms with van der Waals surface area (Å²) in [5.41, 5.74) is 1.95. The topological polar surface area (TPSA) is 85.4 Å². The van der Waals surface area contributed by atoms with Gasteiger partial charge in [-0.2, -0.15) is 0 Å². The van der Waals surface area contributed by atoms with Crippen molar-refractivity contribution in [3.8, 4) is 11.5 Å². The summed E-state index contributed by atoms with van der Waals surface area (Å²) >= 11 is 0. The van der Waals surface area contributed by atoms with Gasteiger partial charge in [-0.3, -0.25) is 14.4 Å². The lowest BCUT2D eigenvalue weighted by Gasteiger charge is -2.29. The van der Waals surface area contributed by atoms with E-state index < -0.39 is 35.8 Å². The third-order valence-electron chi connectivity index (χ3n) is 7.95. The number of methoxy groups -OCH3 is 1. The van der Waals surface area contributed by atoms with Crippen molar-refractivity contribution < 1.29 is 33.1 Å². The first kappa shape index (κ1) is 27.3. The van der Waals surface area contributed by atoms with E-state index in [1.807, 2.05) is 66.7 Å². The summed E-state index contributed by atoms with van der Waals surface area (Å²) < 4.78 is 24.5. The monoisotopic (exact) mass is 588 g/mol. The molecule has 0 unspecified atom stereocenters. The lowest BCUT2D eigenvalue weighted by atomic mass is 9.90. The van der Waals surface area contributed by atoms with Gasteiger partial charge in [-0.25, -0.2) is 19.1 Å². The Morgan fingerprint density at radius 2 is 1.52 bits per heavy atom. The zero-order valence-electron chi connectivity index (χ0n) is 23.4. The third kappa shape index (κ3) is 4.54. The van der Waals surface area contributed by atoms with Gasteiger partial charge < -0.3 is 9.47 Å².